The summed E-state index contributed by atoms with van der Waals surface area (Å²) in [7, 11) is -3.67. The molecule has 10 heavy (non-hydrogen) atoms. The molecule has 0 fully saturated rings. The largest absolute Gasteiger partial charge is 0.396 e. The van der Waals surface area contributed by atoms with Gasteiger partial charge >= 0.3 is 0 Å². The quantitative estimate of drug-likeness (QED) is 0.454. The van der Waals surface area contributed by atoms with Crippen LogP contribution in [-0.2, 0) is 10.1 Å². The molecule has 0 amide bonds. The van der Waals surface area contributed by atoms with Crippen molar-refractivity contribution in [1.82, 2.24) is 0 Å². The molecule has 0 aromatic carbocycles. The molecule has 5 nitrogen and oxygen atoms in total. The molecule has 6 heteroatoms. The van der Waals surface area contributed by atoms with Crippen LogP contribution in [0.15, 0.2) is 0 Å². The van der Waals surface area contributed by atoms with E-state index >= 15 is 0 Å². The van der Waals surface area contributed by atoms with Crippen molar-refractivity contribution >= 4 is 10.1 Å². The second-order valence-corrected chi connectivity index (χ2v) is 3.06. The van der Waals surface area contributed by atoms with Gasteiger partial charge in [0.05, 0.1) is 6.26 Å². The van der Waals surface area contributed by atoms with E-state index in [2.05, 4.69) is 0 Å². The van der Waals surface area contributed by atoms with E-state index in [1.54, 1.807) is 0 Å². The fourth-order valence-electron chi connectivity index (χ4n) is 0.0913. The Bertz CT molecular complexity index is 131. The van der Waals surface area contributed by atoms with Crippen molar-refractivity contribution < 1.29 is 18.1 Å². The molecule has 4 N–H and O–H groups in total. The van der Waals surface area contributed by atoms with Crippen LogP contribution in [0.25, 0.3) is 0 Å². The van der Waals surface area contributed by atoms with Crippen molar-refractivity contribution in [1.29, 1.82) is 0 Å². The third-order valence-electron chi connectivity index (χ3n) is 0.362. The van der Waals surface area contributed by atoms with Gasteiger partial charge in [0.1, 0.15) is 0 Å². The lowest BCUT2D eigenvalue weighted by atomic mass is 10.5. The molecule has 0 radical (unpaired) electrons. The normalized spacial score (nSPS) is 10.0. The predicted octanol–water partition coefficient (Wildman–Crippen LogP) is -1.17. The van der Waals surface area contributed by atoms with E-state index in [1.807, 2.05) is 0 Å². The van der Waals surface area contributed by atoms with Crippen LogP contribution in [0, 0.1) is 0 Å². The van der Waals surface area contributed by atoms with Gasteiger partial charge in [0.25, 0.3) is 10.1 Å². The van der Waals surface area contributed by atoms with Gasteiger partial charge in [-0.1, -0.05) is 0 Å². The molecule has 0 spiro atoms. The SMILES string of the molecule is CS(=O)(=O)O.NCCCO. The Balaban J connectivity index is 0. The Morgan fingerprint density at radius 1 is 1.50 bits per heavy atom. The van der Waals surface area contributed by atoms with Crippen LogP contribution < -0.4 is 5.73 Å². The topological polar surface area (TPSA) is 101 Å². The van der Waals surface area contributed by atoms with Gasteiger partial charge in [-0.15, -0.1) is 0 Å². The minimum Gasteiger partial charge on any atom is -0.396 e. The van der Waals surface area contributed by atoms with Gasteiger partial charge in [-0.25, -0.2) is 0 Å². The molecule has 0 unspecified atom stereocenters. The summed E-state index contributed by atoms with van der Waals surface area (Å²) in [6.45, 7) is 0.812. The third kappa shape index (κ3) is 109. The van der Waals surface area contributed by atoms with Gasteiger partial charge in [-0.3, -0.25) is 4.55 Å². The van der Waals surface area contributed by atoms with E-state index in [0.29, 0.717) is 12.8 Å². The summed E-state index contributed by atoms with van der Waals surface area (Å²) in [5.74, 6) is 0. The molecular formula is C4H13NO4S. The summed E-state index contributed by atoms with van der Waals surface area (Å²) in [6.07, 6.45) is 1.44. The number of nitrogens with two attached hydrogens (primary N) is 1. The Labute approximate surface area is 60.6 Å². The molecule has 0 aliphatic rings. The zero-order chi connectivity index (χ0) is 8.62. The smallest absolute Gasteiger partial charge is 0.261 e. The molecule has 64 valence electrons. The molecular weight excluding hydrogens is 158 g/mol. The standard InChI is InChI=1S/C3H9NO.CH4O3S/c4-2-1-3-5;1-5(2,3)4/h5H,1-4H2;1H3,(H,2,3,4). The van der Waals surface area contributed by atoms with E-state index in [-0.39, 0.29) is 6.61 Å². The van der Waals surface area contributed by atoms with Gasteiger partial charge in [0.15, 0.2) is 0 Å². The van der Waals surface area contributed by atoms with Crippen LogP contribution in [0.5, 0.6) is 0 Å². The molecule has 0 heterocycles. The highest BCUT2D eigenvalue weighted by atomic mass is 32.2. The van der Waals surface area contributed by atoms with E-state index in [4.69, 9.17) is 15.4 Å². The van der Waals surface area contributed by atoms with Crippen molar-refractivity contribution in [3.05, 3.63) is 0 Å². The minimum atomic E-state index is -3.67. The lowest BCUT2D eigenvalue weighted by Gasteiger charge is -1.80. The molecule has 0 bridgehead atoms. The maximum Gasteiger partial charge on any atom is 0.261 e. The average Bonchev–Trinajstić information content (AvgIpc) is 1.63. The van der Waals surface area contributed by atoms with Crippen molar-refractivity contribution in [2.45, 2.75) is 6.42 Å². The van der Waals surface area contributed by atoms with E-state index in [1.165, 1.54) is 0 Å². The fourth-order valence-corrected chi connectivity index (χ4v) is 0.0913. The Kier molecular flexibility index (Phi) is 8.68. The molecule has 0 saturated carbocycles. The molecule has 0 aromatic rings. The Morgan fingerprint density at radius 2 is 1.80 bits per heavy atom. The first-order chi connectivity index (χ1) is 4.41. The Hall–Kier alpha value is -0.170. The van der Waals surface area contributed by atoms with Crippen LogP contribution in [0.2, 0.25) is 0 Å². The summed E-state index contributed by atoms with van der Waals surface area (Å²) in [5, 5.41) is 7.99. The second-order valence-electron chi connectivity index (χ2n) is 1.60. The first-order valence-corrected chi connectivity index (χ1v) is 4.50. The maximum absolute atomic E-state index is 9.19. The third-order valence-corrected chi connectivity index (χ3v) is 0.362. The predicted molar refractivity (Wildman–Crippen MR) is 38.2 cm³/mol. The van der Waals surface area contributed by atoms with Gasteiger partial charge in [0, 0.05) is 6.61 Å². The summed E-state index contributed by atoms with van der Waals surface area (Å²) < 4.78 is 25.9. The van der Waals surface area contributed by atoms with Crippen molar-refractivity contribution in [2.75, 3.05) is 19.4 Å². The van der Waals surface area contributed by atoms with Gasteiger partial charge < -0.3 is 10.8 Å². The number of hydrogen-bond acceptors (Lipinski definition) is 4. The number of hydrogen-bond donors (Lipinski definition) is 3. The number of aliphatic hydroxyl groups excluding tert-OH is 1. The first kappa shape index (κ1) is 12.5. The number of rotatable bonds is 2. The molecule has 0 aliphatic carbocycles. The lowest BCUT2D eigenvalue weighted by molar-refractivity contribution is 0.291. The molecule has 0 aromatic heterocycles. The second kappa shape index (κ2) is 6.94. The van der Waals surface area contributed by atoms with E-state index in [0.717, 1.165) is 6.42 Å². The number of aliphatic hydroxyl groups is 1. The first-order valence-electron chi connectivity index (χ1n) is 2.65. The van der Waals surface area contributed by atoms with E-state index in [9.17, 15) is 8.42 Å². The van der Waals surface area contributed by atoms with Gasteiger partial charge in [-0.2, -0.15) is 8.42 Å². The van der Waals surface area contributed by atoms with Crippen LogP contribution >= 0.6 is 0 Å². The summed E-state index contributed by atoms with van der Waals surface area (Å²) in [4.78, 5) is 0. The zero-order valence-corrected chi connectivity index (χ0v) is 6.63. The van der Waals surface area contributed by atoms with Crippen LogP contribution in [0.1, 0.15) is 6.42 Å². The Morgan fingerprint density at radius 3 is 1.80 bits per heavy atom. The van der Waals surface area contributed by atoms with Crippen molar-refractivity contribution in [2.24, 2.45) is 5.73 Å². The zero-order valence-electron chi connectivity index (χ0n) is 5.82. The lowest BCUT2D eigenvalue weighted by Crippen LogP contribution is -1.99. The molecule has 0 atom stereocenters. The summed E-state index contributed by atoms with van der Waals surface area (Å²) >= 11 is 0. The minimum absolute atomic E-state index is 0.219. The highest BCUT2D eigenvalue weighted by Crippen LogP contribution is 1.62. The highest BCUT2D eigenvalue weighted by molar-refractivity contribution is 7.85. The van der Waals surface area contributed by atoms with Crippen molar-refractivity contribution in [3.63, 3.8) is 0 Å². The maximum atomic E-state index is 9.19. The van der Waals surface area contributed by atoms with Gasteiger partial charge in [0.2, 0.25) is 0 Å². The average molecular weight is 171 g/mol. The van der Waals surface area contributed by atoms with Crippen LogP contribution in [0.4, 0.5) is 0 Å². The van der Waals surface area contributed by atoms with Crippen LogP contribution in [0.3, 0.4) is 0 Å². The molecule has 0 aliphatic heterocycles. The summed E-state index contributed by atoms with van der Waals surface area (Å²) in [6, 6.07) is 0. The highest BCUT2D eigenvalue weighted by Gasteiger charge is 1.81. The summed E-state index contributed by atoms with van der Waals surface area (Å²) in [5.41, 5.74) is 4.98. The van der Waals surface area contributed by atoms with Gasteiger partial charge in [-0.05, 0) is 13.0 Å². The molecule has 0 saturated heterocycles. The monoisotopic (exact) mass is 171 g/mol. The van der Waals surface area contributed by atoms with Crippen molar-refractivity contribution in [3.8, 4) is 0 Å². The van der Waals surface area contributed by atoms with E-state index < -0.39 is 10.1 Å². The van der Waals surface area contributed by atoms with Crippen LogP contribution in [-0.4, -0.2) is 37.5 Å². The molecule has 0 rings (SSSR count). The fraction of sp³-hybridized carbons (Fsp3) is 1.00.